The van der Waals surface area contributed by atoms with E-state index in [4.69, 9.17) is 4.74 Å². The van der Waals surface area contributed by atoms with Gasteiger partial charge in [-0.2, -0.15) is 0 Å². The molecule has 0 amide bonds. The van der Waals surface area contributed by atoms with Gasteiger partial charge in [-0.05, 0) is 18.9 Å². The van der Waals surface area contributed by atoms with Gasteiger partial charge in [0.15, 0.2) is 0 Å². The van der Waals surface area contributed by atoms with Gasteiger partial charge in [0.05, 0.1) is 6.42 Å². The second-order valence-corrected chi connectivity index (χ2v) is 3.06. The number of hydrogen-bond acceptors (Lipinski definition) is 2. The molecule has 1 fully saturated rings. The van der Waals surface area contributed by atoms with Crippen LogP contribution in [0.2, 0.25) is 0 Å². The molecule has 0 aromatic carbocycles. The van der Waals surface area contributed by atoms with Gasteiger partial charge in [-0.15, -0.1) is 0 Å². The van der Waals surface area contributed by atoms with Gasteiger partial charge in [-0.1, -0.05) is 6.08 Å². The smallest absolute Gasteiger partial charge is 0.306 e. The highest BCUT2D eigenvalue weighted by atomic mass is 16.6. The number of hydrogen-bond donors (Lipinski definition) is 0. The Labute approximate surface area is 59.9 Å². The normalized spacial score (nSPS) is 37.3. The molecule has 54 valence electrons. The minimum absolute atomic E-state index is 0.0255. The Kier molecular flexibility index (Phi) is 1.10. The van der Waals surface area contributed by atoms with E-state index in [9.17, 15) is 4.79 Å². The molecular formula is C8H10O2. The van der Waals surface area contributed by atoms with Gasteiger partial charge >= 0.3 is 5.97 Å². The van der Waals surface area contributed by atoms with Crippen LogP contribution in [0.15, 0.2) is 11.6 Å². The standard InChI is InChI=1S/C8H10O2/c1-5-2-3-6-4-7(9)10-8(5)6/h2,6,8H,3-4H2,1H3/t6-,8-/m0/s1. The van der Waals surface area contributed by atoms with Crippen molar-refractivity contribution < 1.29 is 9.53 Å². The van der Waals surface area contributed by atoms with Crippen molar-refractivity contribution in [2.45, 2.75) is 25.9 Å². The number of esters is 1. The third-order valence-corrected chi connectivity index (χ3v) is 2.31. The summed E-state index contributed by atoms with van der Waals surface area (Å²) in [4.78, 5) is 10.8. The summed E-state index contributed by atoms with van der Waals surface area (Å²) in [7, 11) is 0. The molecule has 0 unspecified atom stereocenters. The van der Waals surface area contributed by atoms with Crippen LogP contribution < -0.4 is 0 Å². The van der Waals surface area contributed by atoms with Gasteiger partial charge in [0, 0.05) is 5.92 Å². The molecule has 0 N–H and O–H groups in total. The molecule has 2 rings (SSSR count). The second kappa shape index (κ2) is 1.84. The predicted molar refractivity (Wildman–Crippen MR) is 36.4 cm³/mol. The fraction of sp³-hybridized carbons (Fsp3) is 0.625. The first-order valence-corrected chi connectivity index (χ1v) is 3.63. The molecule has 1 saturated heterocycles. The predicted octanol–water partition coefficient (Wildman–Crippen LogP) is 1.27. The molecule has 2 atom stereocenters. The van der Waals surface area contributed by atoms with E-state index in [0.29, 0.717) is 12.3 Å². The van der Waals surface area contributed by atoms with E-state index in [1.54, 1.807) is 0 Å². The van der Waals surface area contributed by atoms with Gasteiger partial charge < -0.3 is 4.74 Å². The number of carbonyl (C=O) groups excluding carboxylic acids is 1. The van der Waals surface area contributed by atoms with Crippen LogP contribution in [-0.2, 0) is 9.53 Å². The summed E-state index contributed by atoms with van der Waals surface area (Å²) in [5, 5.41) is 0. The van der Waals surface area contributed by atoms with E-state index in [-0.39, 0.29) is 12.1 Å². The van der Waals surface area contributed by atoms with Crippen molar-refractivity contribution in [3.63, 3.8) is 0 Å². The largest absolute Gasteiger partial charge is 0.458 e. The van der Waals surface area contributed by atoms with Crippen molar-refractivity contribution in [1.29, 1.82) is 0 Å². The lowest BCUT2D eigenvalue weighted by Crippen LogP contribution is -2.10. The average molecular weight is 138 g/mol. The number of carbonyl (C=O) groups is 1. The first kappa shape index (κ1) is 5.96. The fourth-order valence-electron chi connectivity index (χ4n) is 1.73. The van der Waals surface area contributed by atoms with E-state index >= 15 is 0 Å². The average Bonchev–Trinajstić information content (AvgIpc) is 2.35. The van der Waals surface area contributed by atoms with Crippen molar-refractivity contribution in [2.75, 3.05) is 0 Å². The molecule has 0 aromatic heterocycles. The van der Waals surface area contributed by atoms with Crippen molar-refractivity contribution >= 4 is 5.97 Å². The number of allylic oxidation sites excluding steroid dienone is 1. The minimum Gasteiger partial charge on any atom is -0.458 e. The third-order valence-electron chi connectivity index (χ3n) is 2.31. The van der Waals surface area contributed by atoms with Crippen molar-refractivity contribution in [3.8, 4) is 0 Å². The molecule has 0 aromatic rings. The Hall–Kier alpha value is -0.790. The summed E-state index contributed by atoms with van der Waals surface area (Å²) in [5.74, 6) is 0.440. The maximum absolute atomic E-state index is 10.8. The van der Waals surface area contributed by atoms with Crippen LogP contribution in [0.4, 0.5) is 0 Å². The highest BCUT2D eigenvalue weighted by Crippen LogP contribution is 2.35. The lowest BCUT2D eigenvalue weighted by molar-refractivity contribution is -0.140. The van der Waals surface area contributed by atoms with Crippen molar-refractivity contribution in [3.05, 3.63) is 11.6 Å². The Morgan fingerprint density at radius 1 is 1.70 bits per heavy atom. The zero-order valence-corrected chi connectivity index (χ0v) is 5.96. The number of fused-ring (bicyclic) bond motifs is 1. The summed E-state index contributed by atoms with van der Waals surface area (Å²) in [6.45, 7) is 2.03. The first-order valence-electron chi connectivity index (χ1n) is 3.63. The lowest BCUT2D eigenvalue weighted by Gasteiger charge is -2.08. The zero-order valence-electron chi connectivity index (χ0n) is 5.96. The summed E-state index contributed by atoms with van der Waals surface area (Å²) in [6.07, 6.45) is 3.95. The fourth-order valence-corrected chi connectivity index (χ4v) is 1.73. The van der Waals surface area contributed by atoms with Gasteiger partial charge in [-0.25, -0.2) is 0 Å². The van der Waals surface area contributed by atoms with Crippen LogP contribution in [0, 0.1) is 5.92 Å². The molecule has 2 heteroatoms. The van der Waals surface area contributed by atoms with Crippen LogP contribution in [0.3, 0.4) is 0 Å². The Bertz CT molecular complexity index is 205. The monoisotopic (exact) mass is 138 g/mol. The topological polar surface area (TPSA) is 26.3 Å². The van der Waals surface area contributed by atoms with E-state index in [1.165, 1.54) is 5.57 Å². The minimum atomic E-state index is -0.0255. The van der Waals surface area contributed by atoms with Crippen LogP contribution in [0.5, 0.6) is 0 Å². The highest BCUT2D eigenvalue weighted by molar-refractivity contribution is 5.73. The maximum Gasteiger partial charge on any atom is 0.306 e. The zero-order chi connectivity index (χ0) is 7.14. The van der Waals surface area contributed by atoms with E-state index in [2.05, 4.69) is 6.08 Å². The summed E-state index contributed by atoms with van der Waals surface area (Å²) in [6, 6.07) is 0. The molecule has 0 saturated carbocycles. The quantitative estimate of drug-likeness (QED) is 0.372. The maximum atomic E-state index is 10.8. The molecule has 10 heavy (non-hydrogen) atoms. The van der Waals surface area contributed by atoms with Crippen LogP contribution in [-0.4, -0.2) is 12.1 Å². The third kappa shape index (κ3) is 0.681. The summed E-state index contributed by atoms with van der Waals surface area (Å²) in [5.41, 5.74) is 1.23. The number of rotatable bonds is 0. The van der Waals surface area contributed by atoms with E-state index < -0.39 is 0 Å². The molecule has 0 radical (unpaired) electrons. The molecular weight excluding hydrogens is 128 g/mol. The van der Waals surface area contributed by atoms with Crippen molar-refractivity contribution in [1.82, 2.24) is 0 Å². The van der Waals surface area contributed by atoms with Crippen LogP contribution >= 0.6 is 0 Å². The van der Waals surface area contributed by atoms with Gasteiger partial charge in [0.2, 0.25) is 0 Å². The highest BCUT2D eigenvalue weighted by Gasteiger charge is 2.38. The Morgan fingerprint density at radius 3 is 3.20 bits per heavy atom. The van der Waals surface area contributed by atoms with Crippen LogP contribution in [0.1, 0.15) is 19.8 Å². The molecule has 1 aliphatic heterocycles. The first-order chi connectivity index (χ1) is 4.77. The summed E-state index contributed by atoms with van der Waals surface area (Å²) >= 11 is 0. The Morgan fingerprint density at radius 2 is 2.50 bits per heavy atom. The molecule has 0 bridgehead atoms. The van der Waals surface area contributed by atoms with E-state index in [1.807, 2.05) is 6.92 Å². The summed E-state index contributed by atoms with van der Waals surface area (Å²) < 4.78 is 5.09. The molecule has 2 nitrogen and oxygen atoms in total. The molecule has 1 heterocycles. The van der Waals surface area contributed by atoms with Gasteiger partial charge in [-0.3, -0.25) is 4.79 Å². The number of ether oxygens (including phenoxy) is 1. The molecule has 0 spiro atoms. The van der Waals surface area contributed by atoms with Crippen molar-refractivity contribution in [2.24, 2.45) is 5.92 Å². The molecule has 1 aliphatic carbocycles. The van der Waals surface area contributed by atoms with Gasteiger partial charge in [0.25, 0.3) is 0 Å². The molecule has 2 aliphatic rings. The second-order valence-electron chi connectivity index (χ2n) is 3.06. The van der Waals surface area contributed by atoms with Crippen LogP contribution in [0.25, 0.3) is 0 Å². The lowest BCUT2D eigenvalue weighted by atomic mass is 10.0. The SMILES string of the molecule is CC1=CC[C@H]2CC(=O)O[C@@H]12. The van der Waals surface area contributed by atoms with E-state index in [0.717, 1.165) is 6.42 Å². The van der Waals surface area contributed by atoms with Gasteiger partial charge in [0.1, 0.15) is 6.10 Å². The Balaban J connectivity index is 2.20.